The molecule has 2 saturated heterocycles. The number of likely N-dealkylation sites (tertiary alicyclic amines) is 2. The highest BCUT2D eigenvalue weighted by atomic mass is 16.5. The summed E-state index contributed by atoms with van der Waals surface area (Å²) in [5, 5.41) is 2.33. The number of nitrogens with zero attached hydrogens (tertiary/aromatic N) is 5. The molecular formula is C43H47N5O6. The molecule has 2 aliphatic heterocycles. The third-order valence-electron chi connectivity index (χ3n) is 11.4. The van der Waals surface area contributed by atoms with E-state index < -0.39 is 0 Å². The lowest BCUT2D eigenvalue weighted by molar-refractivity contribution is -0.163. The van der Waals surface area contributed by atoms with Crippen LogP contribution in [0.25, 0.3) is 32.9 Å². The average Bonchev–Trinajstić information content (AvgIpc) is 3.41. The Bertz CT molecular complexity index is 2210. The highest BCUT2D eigenvalue weighted by molar-refractivity contribution is 6.09. The molecular weight excluding hydrogens is 683 g/mol. The van der Waals surface area contributed by atoms with E-state index in [9.17, 15) is 14.4 Å². The molecule has 1 saturated carbocycles. The van der Waals surface area contributed by atoms with Crippen molar-refractivity contribution in [1.82, 2.24) is 24.3 Å². The van der Waals surface area contributed by atoms with E-state index >= 15 is 0 Å². The maximum atomic E-state index is 13.2. The quantitative estimate of drug-likeness (QED) is 0.0970. The molecule has 5 aromatic rings. The van der Waals surface area contributed by atoms with Gasteiger partial charge in [-0.2, -0.15) is 0 Å². The Hall–Kier alpha value is -5.13. The van der Waals surface area contributed by atoms with Crippen molar-refractivity contribution in [2.75, 3.05) is 52.5 Å². The smallest absolute Gasteiger partial charge is 0.225 e. The lowest BCUT2D eigenvalue weighted by Crippen LogP contribution is -2.66. The number of amides is 1. The molecule has 3 fully saturated rings. The van der Waals surface area contributed by atoms with Crippen molar-refractivity contribution < 1.29 is 28.6 Å². The van der Waals surface area contributed by atoms with Gasteiger partial charge in [0.1, 0.15) is 18.5 Å². The fraction of sp³-hybridized carbons (Fsp3) is 0.419. The first-order valence-electron chi connectivity index (χ1n) is 18.9. The Morgan fingerprint density at radius 1 is 0.870 bits per heavy atom. The van der Waals surface area contributed by atoms with Crippen LogP contribution in [0.5, 0.6) is 11.6 Å². The summed E-state index contributed by atoms with van der Waals surface area (Å²) in [5.41, 5.74) is 5.53. The SMILES string of the molecule is CC(=O)c1cc(OCCOCCN2CC3(CC(C(=O)N4CC(Oc5ccc(-c6ccc7c8cnccc8n(C)c7c6)cn5)C4)C3)C2)ccc1C(=O)C(C)C. The van der Waals surface area contributed by atoms with Crippen LogP contribution in [-0.2, 0) is 16.6 Å². The number of ketones is 2. The summed E-state index contributed by atoms with van der Waals surface area (Å²) in [6.45, 7) is 10.6. The molecule has 5 heterocycles. The number of benzene rings is 2. The molecule has 0 radical (unpaired) electrons. The summed E-state index contributed by atoms with van der Waals surface area (Å²) in [6, 6.07) is 17.5. The van der Waals surface area contributed by atoms with Crippen LogP contribution in [-0.4, -0.2) is 100 Å². The van der Waals surface area contributed by atoms with E-state index in [-0.39, 0.29) is 40.8 Å². The van der Waals surface area contributed by atoms with Crippen LogP contribution in [0.15, 0.2) is 73.2 Å². The van der Waals surface area contributed by atoms with Crippen molar-refractivity contribution in [2.24, 2.45) is 24.3 Å². The maximum Gasteiger partial charge on any atom is 0.225 e. The van der Waals surface area contributed by atoms with Gasteiger partial charge in [-0.15, -0.1) is 0 Å². The molecule has 0 unspecified atom stereocenters. The first-order chi connectivity index (χ1) is 26.1. The summed E-state index contributed by atoms with van der Waals surface area (Å²) in [7, 11) is 2.08. The molecule has 8 rings (SSSR count). The van der Waals surface area contributed by atoms with E-state index in [1.807, 2.05) is 55.5 Å². The van der Waals surface area contributed by atoms with E-state index in [1.54, 1.807) is 18.2 Å². The molecule has 0 atom stereocenters. The maximum absolute atomic E-state index is 13.2. The zero-order chi connectivity index (χ0) is 37.6. The predicted octanol–water partition coefficient (Wildman–Crippen LogP) is 6.23. The number of fused-ring (bicyclic) bond motifs is 3. The fourth-order valence-corrected chi connectivity index (χ4v) is 8.40. The van der Waals surface area contributed by atoms with Crippen molar-refractivity contribution in [3.63, 3.8) is 0 Å². The second-order valence-electron chi connectivity index (χ2n) is 15.6. The molecule has 1 spiro atoms. The van der Waals surface area contributed by atoms with E-state index in [0.717, 1.165) is 60.0 Å². The summed E-state index contributed by atoms with van der Waals surface area (Å²) in [5.74, 6) is 1.10. The lowest BCUT2D eigenvalue weighted by atomic mass is 9.57. The minimum atomic E-state index is -0.184. The molecule has 54 heavy (non-hydrogen) atoms. The molecule has 280 valence electrons. The number of aromatic nitrogens is 3. The van der Waals surface area contributed by atoms with E-state index in [0.29, 0.717) is 55.7 Å². The van der Waals surface area contributed by atoms with Gasteiger partial charge in [0.25, 0.3) is 0 Å². The Morgan fingerprint density at radius 2 is 1.67 bits per heavy atom. The number of carbonyl (C=O) groups excluding carboxylic acids is 3. The van der Waals surface area contributed by atoms with Gasteiger partial charge in [0.05, 0.1) is 31.8 Å². The largest absolute Gasteiger partial charge is 0.491 e. The number of aryl methyl sites for hydroxylation is 1. The Labute approximate surface area is 315 Å². The van der Waals surface area contributed by atoms with E-state index in [2.05, 4.69) is 44.7 Å². The van der Waals surface area contributed by atoms with Crippen LogP contribution < -0.4 is 9.47 Å². The second-order valence-corrected chi connectivity index (χ2v) is 15.6. The van der Waals surface area contributed by atoms with Gasteiger partial charge in [-0.05, 0) is 67.1 Å². The first kappa shape index (κ1) is 35.9. The van der Waals surface area contributed by atoms with Gasteiger partial charge in [0, 0.05) is 96.2 Å². The van der Waals surface area contributed by atoms with Gasteiger partial charge in [0.15, 0.2) is 11.6 Å². The van der Waals surface area contributed by atoms with Crippen molar-refractivity contribution in [3.05, 3.63) is 84.3 Å². The zero-order valence-corrected chi connectivity index (χ0v) is 31.4. The highest BCUT2D eigenvalue weighted by Gasteiger charge is 2.55. The number of rotatable bonds is 14. The zero-order valence-electron chi connectivity index (χ0n) is 31.4. The number of ether oxygens (including phenoxy) is 3. The number of hydrogen-bond donors (Lipinski definition) is 0. The summed E-state index contributed by atoms with van der Waals surface area (Å²) in [6.07, 6.45) is 7.46. The molecule has 11 heteroatoms. The first-order valence-corrected chi connectivity index (χ1v) is 18.9. The molecule has 1 aliphatic carbocycles. The van der Waals surface area contributed by atoms with Gasteiger partial charge < -0.3 is 23.7 Å². The summed E-state index contributed by atoms with van der Waals surface area (Å²) >= 11 is 0. The third-order valence-corrected chi connectivity index (χ3v) is 11.4. The van der Waals surface area contributed by atoms with Gasteiger partial charge in [-0.3, -0.25) is 24.3 Å². The van der Waals surface area contributed by atoms with Crippen molar-refractivity contribution >= 4 is 39.3 Å². The highest BCUT2D eigenvalue weighted by Crippen LogP contribution is 2.52. The molecule has 0 N–H and O–H groups in total. The van der Waals surface area contributed by atoms with Crippen LogP contribution in [0.4, 0.5) is 0 Å². The molecule has 11 nitrogen and oxygen atoms in total. The van der Waals surface area contributed by atoms with E-state index in [1.165, 1.54) is 12.3 Å². The minimum absolute atomic E-state index is 0.0364. The number of carbonyl (C=O) groups is 3. The van der Waals surface area contributed by atoms with Gasteiger partial charge >= 0.3 is 0 Å². The number of pyridine rings is 2. The minimum Gasteiger partial charge on any atom is -0.491 e. The number of hydrogen-bond acceptors (Lipinski definition) is 9. The third kappa shape index (κ3) is 6.98. The van der Waals surface area contributed by atoms with Crippen LogP contribution in [0.1, 0.15) is 54.3 Å². The van der Waals surface area contributed by atoms with Crippen LogP contribution in [0, 0.1) is 17.3 Å². The fourth-order valence-electron chi connectivity index (χ4n) is 8.40. The molecule has 1 amide bonds. The summed E-state index contributed by atoms with van der Waals surface area (Å²) < 4.78 is 19.9. The molecule has 0 bridgehead atoms. The van der Waals surface area contributed by atoms with Gasteiger partial charge in [-0.1, -0.05) is 26.0 Å². The summed E-state index contributed by atoms with van der Waals surface area (Å²) in [4.78, 5) is 50.9. The van der Waals surface area contributed by atoms with Gasteiger partial charge in [0.2, 0.25) is 11.8 Å². The average molecular weight is 730 g/mol. The molecule has 3 aromatic heterocycles. The topological polar surface area (TPSA) is 116 Å². The van der Waals surface area contributed by atoms with Crippen molar-refractivity contribution in [2.45, 2.75) is 39.7 Å². The van der Waals surface area contributed by atoms with E-state index in [4.69, 9.17) is 14.2 Å². The predicted molar refractivity (Wildman–Crippen MR) is 206 cm³/mol. The van der Waals surface area contributed by atoms with Crippen molar-refractivity contribution in [1.29, 1.82) is 0 Å². The monoisotopic (exact) mass is 729 g/mol. The van der Waals surface area contributed by atoms with Crippen LogP contribution >= 0.6 is 0 Å². The van der Waals surface area contributed by atoms with Crippen LogP contribution in [0.2, 0.25) is 0 Å². The Balaban J connectivity index is 0.712. The second kappa shape index (κ2) is 14.6. The Morgan fingerprint density at radius 3 is 2.41 bits per heavy atom. The Kier molecular flexibility index (Phi) is 9.70. The normalized spacial score (nSPS) is 17.1. The number of Topliss-reactive ketones (excluding diaryl/α,β-unsaturated/α-hetero) is 2. The van der Waals surface area contributed by atoms with Gasteiger partial charge in [-0.25, -0.2) is 4.98 Å². The lowest BCUT2D eigenvalue weighted by Gasteiger charge is -2.59. The molecule has 3 aliphatic rings. The standard InChI is InChI=1S/C43H47N5O6/c1-27(2)41(50)35-9-7-32(18-36(35)28(3)49)53-16-15-52-14-13-47-25-43(26-47)19-31(20-43)42(51)48-23-33(24-48)54-40-10-6-30(21-45-40)29-5-8-34-37-22-44-12-11-38(37)46(4)39(34)17-29/h5-12,17-18,21-22,27,31,33H,13-16,19-20,23-26H2,1-4H3. The van der Waals surface area contributed by atoms with Crippen molar-refractivity contribution in [3.8, 4) is 22.8 Å². The molecule has 2 aromatic carbocycles. The van der Waals surface area contributed by atoms with Crippen LogP contribution in [0.3, 0.4) is 0 Å².